The summed E-state index contributed by atoms with van der Waals surface area (Å²) >= 11 is 0. The number of hydrogen-bond acceptors (Lipinski definition) is 3. The fourth-order valence-corrected chi connectivity index (χ4v) is 3.62. The van der Waals surface area contributed by atoms with E-state index in [0.717, 1.165) is 45.4 Å². The van der Waals surface area contributed by atoms with Gasteiger partial charge in [-0.05, 0) is 49.9 Å². The minimum absolute atomic E-state index is 0.310. The molecule has 128 valence electrons. The van der Waals surface area contributed by atoms with Gasteiger partial charge in [-0.3, -0.25) is 4.79 Å². The van der Waals surface area contributed by atoms with Crippen LogP contribution in [0.25, 0.3) is 0 Å². The summed E-state index contributed by atoms with van der Waals surface area (Å²) in [7, 11) is 1.80. The summed E-state index contributed by atoms with van der Waals surface area (Å²) < 4.78 is 11.0. The zero-order valence-corrected chi connectivity index (χ0v) is 14.6. The number of carbonyl (C=O) groups excluding carboxylic acids is 1. The molecule has 0 unspecified atom stereocenters. The summed E-state index contributed by atoms with van der Waals surface area (Å²) in [5.74, 6) is 0.997. The van der Waals surface area contributed by atoms with Crippen molar-refractivity contribution in [2.75, 3.05) is 33.4 Å². The van der Waals surface area contributed by atoms with E-state index in [4.69, 9.17) is 9.47 Å². The number of rotatable bonds is 8. The van der Waals surface area contributed by atoms with Gasteiger partial charge in [0.05, 0.1) is 6.10 Å². The quantitative estimate of drug-likeness (QED) is 0.646. The average Bonchev–Trinajstić information content (AvgIpc) is 2.47. The van der Waals surface area contributed by atoms with Crippen LogP contribution in [-0.4, -0.2) is 50.3 Å². The van der Waals surface area contributed by atoms with Crippen molar-refractivity contribution in [3.63, 3.8) is 0 Å². The minimum Gasteiger partial charge on any atom is -0.381 e. The smallest absolute Gasteiger partial charge is 0.222 e. The number of amides is 1. The molecule has 22 heavy (non-hydrogen) atoms. The van der Waals surface area contributed by atoms with Crippen LogP contribution < -0.4 is 0 Å². The van der Waals surface area contributed by atoms with E-state index in [0.29, 0.717) is 36.4 Å². The Morgan fingerprint density at radius 2 is 1.91 bits per heavy atom. The van der Waals surface area contributed by atoms with Gasteiger partial charge in [0.15, 0.2) is 0 Å². The van der Waals surface area contributed by atoms with Gasteiger partial charge in [0.1, 0.15) is 0 Å². The van der Waals surface area contributed by atoms with Gasteiger partial charge < -0.3 is 14.4 Å². The van der Waals surface area contributed by atoms with Gasteiger partial charge in [-0.2, -0.15) is 0 Å². The average molecular weight is 311 g/mol. The lowest BCUT2D eigenvalue weighted by Crippen LogP contribution is -2.50. The maximum absolute atomic E-state index is 12.2. The second-order valence-electron chi connectivity index (χ2n) is 7.55. The third kappa shape index (κ3) is 4.95. The number of likely N-dealkylation sites (tertiary alicyclic amines) is 1. The maximum atomic E-state index is 12.2. The molecule has 1 saturated heterocycles. The van der Waals surface area contributed by atoms with E-state index in [-0.39, 0.29) is 0 Å². The van der Waals surface area contributed by atoms with Crippen LogP contribution in [0.1, 0.15) is 58.8 Å². The van der Waals surface area contributed by atoms with Gasteiger partial charge in [-0.25, -0.2) is 0 Å². The summed E-state index contributed by atoms with van der Waals surface area (Å²) in [6.07, 6.45) is 7.74. The summed E-state index contributed by atoms with van der Waals surface area (Å²) in [5.41, 5.74) is 0.484. The fourth-order valence-electron chi connectivity index (χ4n) is 3.62. The summed E-state index contributed by atoms with van der Waals surface area (Å²) in [6.45, 7) is 7.80. The largest absolute Gasteiger partial charge is 0.381 e. The second-order valence-corrected chi connectivity index (χ2v) is 7.55. The molecule has 1 heterocycles. The van der Waals surface area contributed by atoms with E-state index in [9.17, 15) is 4.79 Å². The van der Waals surface area contributed by atoms with Gasteiger partial charge in [0, 0.05) is 39.8 Å². The second kappa shape index (κ2) is 8.30. The zero-order chi connectivity index (χ0) is 16.0. The molecule has 4 heteroatoms. The molecule has 1 aliphatic carbocycles. The van der Waals surface area contributed by atoms with Crippen LogP contribution in [-0.2, 0) is 14.3 Å². The molecule has 2 rings (SSSR count). The molecule has 4 nitrogen and oxygen atoms in total. The van der Waals surface area contributed by atoms with E-state index in [1.165, 1.54) is 12.8 Å². The van der Waals surface area contributed by atoms with Crippen LogP contribution in [0.5, 0.6) is 0 Å². The molecule has 0 N–H and O–H groups in total. The van der Waals surface area contributed by atoms with E-state index in [2.05, 4.69) is 18.7 Å². The first-order valence-corrected chi connectivity index (χ1v) is 8.93. The van der Waals surface area contributed by atoms with Crippen LogP contribution in [0.4, 0.5) is 0 Å². The maximum Gasteiger partial charge on any atom is 0.222 e. The van der Waals surface area contributed by atoms with E-state index >= 15 is 0 Å². The van der Waals surface area contributed by atoms with Crippen molar-refractivity contribution in [1.29, 1.82) is 0 Å². The first-order valence-electron chi connectivity index (χ1n) is 8.93. The third-order valence-corrected chi connectivity index (χ3v) is 5.35. The monoisotopic (exact) mass is 311 g/mol. The molecule has 0 bridgehead atoms. The molecule has 2 aliphatic rings. The highest BCUT2D eigenvalue weighted by atomic mass is 16.5. The molecular weight excluding hydrogens is 278 g/mol. The summed E-state index contributed by atoms with van der Waals surface area (Å²) in [5, 5.41) is 0. The molecule has 0 atom stereocenters. The molecule has 1 aliphatic heterocycles. The van der Waals surface area contributed by atoms with E-state index < -0.39 is 0 Å². The molecule has 0 aromatic rings. The third-order valence-electron chi connectivity index (χ3n) is 5.35. The van der Waals surface area contributed by atoms with Crippen molar-refractivity contribution in [2.45, 2.75) is 64.9 Å². The fraction of sp³-hybridized carbons (Fsp3) is 0.944. The predicted octanol–water partition coefficient (Wildman–Crippen LogP) is 3.25. The van der Waals surface area contributed by atoms with Crippen LogP contribution >= 0.6 is 0 Å². The normalized spacial score (nSPS) is 21.4. The lowest BCUT2D eigenvalue weighted by atomic mass is 9.61. The number of nitrogens with zero attached hydrogens (tertiary/aromatic N) is 1. The lowest BCUT2D eigenvalue weighted by molar-refractivity contribution is -0.138. The highest BCUT2D eigenvalue weighted by Gasteiger charge is 2.46. The molecule has 0 radical (unpaired) electrons. The number of carbonyl (C=O) groups is 1. The first-order chi connectivity index (χ1) is 10.5. The van der Waals surface area contributed by atoms with Crippen LogP contribution in [0.3, 0.4) is 0 Å². The van der Waals surface area contributed by atoms with Crippen LogP contribution in [0.2, 0.25) is 0 Å². The molecule has 2 fully saturated rings. The Bertz CT molecular complexity index is 340. The molecule has 1 spiro atoms. The Morgan fingerprint density at radius 1 is 1.23 bits per heavy atom. The topological polar surface area (TPSA) is 38.8 Å². The summed E-state index contributed by atoms with van der Waals surface area (Å²) in [6, 6.07) is 0. The SMILES string of the molecule is COC1CC2(CCN(C(=O)CCCOCCC(C)C)CC2)C1. The van der Waals surface area contributed by atoms with E-state index in [1.807, 2.05) is 0 Å². The lowest BCUT2D eigenvalue weighted by Gasteiger charge is -2.51. The molecule has 0 aromatic carbocycles. The number of methoxy groups -OCH3 is 1. The van der Waals surface area contributed by atoms with Crippen molar-refractivity contribution in [2.24, 2.45) is 11.3 Å². The molecule has 1 amide bonds. The van der Waals surface area contributed by atoms with Crippen molar-refractivity contribution < 1.29 is 14.3 Å². The Labute approximate surface area is 135 Å². The van der Waals surface area contributed by atoms with Gasteiger partial charge in [-0.15, -0.1) is 0 Å². The minimum atomic E-state index is 0.310. The van der Waals surface area contributed by atoms with Gasteiger partial charge in [-0.1, -0.05) is 13.8 Å². The van der Waals surface area contributed by atoms with Crippen molar-refractivity contribution in [1.82, 2.24) is 4.90 Å². The molecule has 0 aromatic heterocycles. The van der Waals surface area contributed by atoms with Gasteiger partial charge in [0.2, 0.25) is 5.91 Å². The zero-order valence-electron chi connectivity index (χ0n) is 14.6. The van der Waals surface area contributed by atoms with Crippen molar-refractivity contribution in [3.8, 4) is 0 Å². The summed E-state index contributed by atoms with van der Waals surface area (Å²) in [4.78, 5) is 14.3. The first kappa shape index (κ1) is 17.7. The van der Waals surface area contributed by atoms with Crippen LogP contribution in [0, 0.1) is 11.3 Å². The number of piperidine rings is 1. The molecule has 1 saturated carbocycles. The van der Waals surface area contributed by atoms with Crippen LogP contribution in [0.15, 0.2) is 0 Å². The van der Waals surface area contributed by atoms with Crippen molar-refractivity contribution >= 4 is 5.91 Å². The molecular formula is C18H33NO3. The Morgan fingerprint density at radius 3 is 2.50 bits per heavy atom. The Balaban J connectivity index is 1.54. The van der Waals surface area contributed by atoms with Gasteiger partial charge in [0.25, 0.3) is 0 Å². The number of hydrogen-bond donors (Lipinski definition) is 0. The predicted molar refractivity (Wildman–Crippen MR) is 87.8 cm³/mol. The standard InChI is InChI=1S/C18H33NO3/c1-15(2)6-12-22-11-4-5-17(20)19-9-7-18(8-10-19)13-16(14-18)21-3/h15-16H,4-14H2,1-3H3. The Kier molecular flexibility index (Phi) is 6.69. The van der Waals surface area contributed by atoms with Crippen molar-refractivity contribution in [3.05, 3.63) is 0 Å². The highest BCUT2D eigenvalue weighted by molar-refractivity contribution is 5.76. The van der Waals surface area contributed by atoms with Gasteiger partial charge >= 0.3 is 0 Å². The Hall–Kier alpha value is -0.610. The highest BCUT2D eigenvalue weighted by Crippen LogP contribution is 2.50. The number of ether oxygens (including phenoxy) is 2. The van der Waals surface area contributed by atoms with E-state index in [1.54, 1.807) is 7.11 Å².